The second-order valence-corrected chi connectivity index (χ2v) is 10.9. The average Bonchev–Trinajstić information content (AvgIpc) is 3.14. The molecule has 1 aromatic heterocycles. The Balaban J connectivity index is 1.67. The summed E-state index contributed by atoms with van der Waals surface area (Å²) < 4.78 is 87.9. The lowest BCUT2D eigenvalue weighted by atomic mass is 10.0. The van der Waals surface area contributed by atoms with Crippen molar-refractivity contribution in [2.45, 2.75) is 38.5 Å². The van der Waals surface area contributed by atoms with Crippen LogP contribution in [0.3, 0.4) is 0 Å². The Morgan fingerprint density at radius 1 is 1.14 bits per heavy atom. The lowest BCUT2D eigenvalue weighted by Gasteiger charge is -2.23. The van der Waals surface area contributed by atoms with Crippen LogP contribution in [0.25, 0.3) is 10.9 Å². The van der Waals surface area contributed by atoms with E-state index in [9.17, 15) is 21.6 Å². The molecule has 2 aliphatic heterocycles. The highest BCUT2D eigenvalue weighted by Crippen LogP contribution is 2.42. The van der Waals surface area contributed by atoms with Crippen LogP contribution in [0.4, 0.5) is 35.0 Å². The van der Waals surface area contributed by atoms with E-state index in [1.165, 1.54) is 18.2 Å². The van der Waals surface area contributed by atoms with Gasteiger partial charge >= 0.3 is 6.18 Å². The maximum absolute atomic E-state index is 15.1. The van der Waals surface area contributed by atoms with E-state index in [1.54, 1.807) is 13.8 Å². The second kappa shape index (κ2) is 8.64. The predicted octanol–water partition coefficient (Wildman–Crippen LogP) is 4.69. The highest BCUT2D eigenvalue weighted by atomic mass is 32.2. The second-order valence-electron chi connectivity index (χ2n) is 8.90. The molecule has 3 heterocycles. The number of anilines is 3. The molecule has 0 amide bonds. The first-order chi connectivity index (χ1) is 16.9. The van der Waals surface area contributed by atoms with Gasteiger partial charge in [-0.1, -0.05) is 12.1 Å². The number of fused-ring (bicyclic) bond motifs is 5. The number of hydrogen-bond acceptors (Lipinski definition) is 7. The molecule has 2 N–H and O–H groups in total. The van der Waals surface area contributed by atoms with Crippen LogP contribution < -0.4 is 19.7 Å². The predicted molar refractivity (Wildman–Crippen MR) is 127 cm³/mol. The molecule has 13 heteroatoms. The summed E-state index contributed by atoms with van der Waals surface area (Å²) in [4.78, 5) is 8.83. The number of hydrogen-bond donors (Lipinski definition) is 2. The molecule has 0 aliphatic carbocycles. The normalized spacial score (nSPS) is 21.7. The van der Waals surface area contributed by atoms with E-state index < -0.39 is 39.7 Å². The summed E-state index contributed by atoms with van der Waals surface area (Å²) in [6.07, 6.45) is -4.25. The van der Waals surface area contributed by atoms with Gasteiger partial charge in [-0.2, -0.15) is 18.2 Å². The standard InChI is InChI=1S/C23H23F4N5O3S/c1-12-11-35-20-14(5-3-6-16(20)23(25,26)27)13(2)29-21-15-9-19(32-7-4-8-36(32,33)34)17(24)10-18(15)30-22(28-12)31-21/h3,5-6,9-10,12-13H,4,7-8,11H2,1-2H3,(H2,28,29,30,31)/t12?,13-/m1/s1. The van der Waals surface area contributed by atoms with Gasteiger partial charge in [0.25, 0.3) is 0 Å². The molecular weight excluding hydrogens is 502 g/mol. The van der Waals surface area contributed by atoms with E-state index in [1.807, 2.05) is 0 Å². The average molecular weight is 526 g/mol. The minimum absolute atomic E-state index is 0.0812. The third-order valence-corrected chi connectivity index (χ3v) is 8.01. The zero-order chi connectivity index (χ0) is 25.8. The summed E-state index contributed by atoms with van der Waals surface area (Å²) in [5, 5.41) is 6.41. The largest absolute Gasteiger partial charge is 0.490 e. The zero-order valence-electron chi connectivity index (χ0n) is 19.4. The number of halogens is 4. The summed E-state index contributed by atoms with van der Waals surface area (Å²) in [6, 6.07) is 5.10. The van der Waals surface area contributed by atoms with Crippen LogP contribution in [-0.2, 0) is 16.2 Å². The fourth-order valence-electron chi connectivity index (χ4n) is 4.45. The van der Waals surface area contributed by atoms with E-state index >= 15 is 4.39 Å². The molecule has 2 aliphatic rings. The van der Waals surface area contributed by atoms with Crippen molar-refractivity contribution in [3.8, 4) is 5.75 Å². The van der Waals surface area contributed by atoms with Gasteiger partial charge in [-0.3, -0.25) is 4.31 Å². The van der Waals surface area contributed by atoms with Crippen LogP contribution in [0, 0.1) is 5.82 Å². The van der Waals surface area contributed by atoms with Gasteiger partial charge in [0.2, 0.25) is 16.0 Å². The molecule has 3 aromatic rings. The van der Waals surface area contributed by atoms with Gasteiger partial charge in [-0.25, -0.2) is 17.8 Å². The van der Waals surface area contributed by atoms with E-state index in [4.69, 9.17) is 4.74 Å². The molecule has 1 saturated heterocycles. The third kappa shape index (κ3) is 4.36. The molecule has 2 bridgehead atoms. The molecule has 0 radical (unpaired) electrons. The highest BCUT2D eigenvalue weighted by Gasteiger charge is 2.37. The van der Waals surface area contributed by atoms with Crippen molar-refractivity contribution in [2.24, 2.45) is 0 Å². The topological polar surface area (TPSA) is 96.4 Å². The van der Waals surface area contributed by atoms with Gasteiger partial charge in [0.05, 0.1) is 34.6 Å². The number of nitrogens with one attached hydrogen (secondary N) is 2. The fraction of sp³-hybridized carbons (Fsp3) is 0.391. The summed E-state index contributed by atoms with van der Waals surface area (Å²) in [5.74, 6) is -0.790. The number of ether oxygens (including phenoxy) is 1. The van der Waals surface area contributed by atoms with E-state index in [0.717, 1.165) is 16.4 Å². The molecule has 2 atom stereocenters. The molecule has 2 aromatic carbocycles. The number of benzene rings is 2. The first-order valence-electron chi connectivity index (χ1n) is 11.3. The van der Waals surface area contributed by atoms with Crippen molar-refractivity contribution < 1.29 is 30.7 Å². The number of rotatable bonds is 1. The number of alkyl halides is 3. The maximum atomic E-state index is 15.1. The molecule has 36 heavy (non-hydrogen) atoms. The van der Waals surface area contributed by atoms with Crippen molar-refractivity contribution in [3.63, 3.8) is 0 Å². The minimum Gasteiger partial charge on any atom is -0.490 e. The molecule has 1 fully saturated rings. The van der Waals surface area contributed by atoms with Crippen LogP contribution in [0.1, 0.15) is 37.4 Å². The van der Waals surface area contributed by atoms with Gasteiger partial charge in [-0.15, -0.1) is 0 Å². The maximum Gasteiger partial charge on any atom is 0.419 e. The number of sulfonamides is 1. The lowest BCUT2D eigenvalue weighted by molar-refractivity contribution is -0.139. The Hall–Kier alpha value is -3.35. The summed E-state index contributed by atoms with van der Waals surface area (Å²) in [7, 11) is -3.65. The molecule has 192 valence electrons. The molecule has 5 rings (SSSR count). The van der Waals surface area contributed by atoms with Crippen LogP contribution >= 0.6 is 0 Å². The third-order valence-electron chi connectivity index (χ3n) is 6.16. The van der Waals surface area contributed by atoms with E-state index in [-0.39, 0.29) is 53.2 Å². The van der Waals surface area contributed by atoms with Gasteiger partial charge in [0, 0.05) is 23.6 Å². The van der Waals surface area contributed by atoms with Gasteiger partial charge in [-0.05, 0) is 32.4 Å². The summed E-state index contributed by atoms with van der Waals surface area (Å²) in [5.41, 5.74) is -0.555. The Bertz CT molecular complexity index is 1450. The van der Waals surface area contributed by atoms with Crippen molar-refractivity contribution in [2.75, 3.05) is 33.8 Å². The number of aromatic nitrogens is 2. The molecule has 8 nitrogen and oxygen atoms in total. The molecule has 0 saturated carbocycles. The number of para-hydroxylation sites is 1. The van der Waals surface area contributed by atoms with Crippen LogP contribution in [0.2, 0.25) is 0 Å². The van der Waals surface area contributed by atoms with Crippen molar-refractivity contribution in [1.29, 1.82) is 0 Å². The minimum atomic E-state index is -4.63. The van der Waals surface area contributed by atoms with Crippen molar-refractivity contribution in [3.05, 3.63) is 47.3 Å². The van der Waals surface area contributed by atoms with Crippen LogP contribution in [-0.4, -0.2) is 43.3 Å². The van der Waals surface area contributed by atoms with Crippen LogP contribution in [0.5, 0.6) is 5.75 Å². The summed E-state index contributed by atoms with van der Waals surface area (Å²) in [6.45, 7) is 3.39. The highest BCUT2D eigenvalue weighted by molar-refractivity contribution is 7.93. The Labute approximate surface area is 204 Å². The fourth-order valence-corrected chi connectivity index (χ4v) is 6.01. The Morgan fingerprint density at radius 2 is 1.92 bits per heavy atom. The Kier molecular flexibility index (Phi) is 5.85. The first kappa shape index (κ1) is 24.3. The summed E-state index contributed by atoms with van der Waals surface area (Å²) >= 11 is 0. The smallest absolute Gasteiger partial charge is 0.419 e. The van der Waals surface area contributed by atoms with Gasteiger partial charge < -0.3 is 15.4 Å². The van der Waals surface area contributed by atoms with E-state index in [2.05, 4.69) is 20.6 Å². The zero-order valence-corrected chi connectivity index (χ0v) is 20.2. The number of nitrogens with zero attached hydrogens (tertiary/aromatic N) is 3. The lowest BCUT2D eigenvalue weighted by Crippen LogP contribution is -2.26. The van der Waals surface area contributed by atoms with Gasteiger partial charge in [0.1, 0.15) is 24.0 Å². The SMILES string of the molecule is CC1COc2c(cccc2C(F)(F)F)[C@@H](C)Nc2nc(nc3cc(F)c(N4CCCS4(=O)=O)cc23)N1. The molecular formula is C23H23F4N5O3S. The monoisotopic (exact) mass is 525 g/mol. The van der Waals surface area contributed by atoms with Gasteiger partial charge in [0.15, 0.2) is 0 Å². The molecule has 0 spiro atoms. The van der Waals surface area contributed by atoms with Crippen molar-refractivity contribution >= 4 is 38.4 Å². The van der Waals surface area contributed by atoms with E-state index in [0.29, 0.717) is 11.8 Å². The Morgan fingerprint density at radius 3 is 2.61 bits per heavy atom. The van der Waals surface area contributed by atoms with Crippen molar-refractivity contribution in [1.82, 2.24) is 9.97 Å². The first-order valence-corrected chi connectivity index (χ1v) is 12.9. The quantitative estimate of drug-likeness (QED) is 0.445. The molecule has 1 unspecified atom stereocenters. The van der Waals surface area contributed by atoms with Crippen LogP contribution in [0.15, 0.2) is 30.3 Å².